The molecule has 0 saturated carbocycles. The molecule has 2 aromatic rings. The lowest BCUT2D eigenvalue weighted by atomic mass is 10.0. The van der Waals surface area contributed by atoms with Gasteiger partial charge in [0.2, 0.25) is 0 Å². The van der Waals surface area contributed by atoms with E-state index in [1.54, 1.807) is 24.3 Å². The quantitative estimate of drug-likeness (QED) is 0.349. The highest BCUT2D eigenvalue weighted by Crippen LogP contribution is 2.31. The molecule has 26 heavy (non-hydrogen) atoms. The van der Waals surface area contributed by atoms with E-state index in [0.717, 1.165) is 12.1 Å². The molecule has 0 bridgehead atoms. The first-order chi connectivity index (χ1) is 12.3. The number of methoxy groups -OCH3 is 1. The molecule has 2 aromatic carbocycles. The van der Waals surface area contributed by atoms with Crippen LogP contribution in [-0.4, -0.2) is 26.1 Å². The van der Waals surface area contributed by atoms with Gasteiger partial charge in [-0.15, -0.1) is 0 Å². The topological polar surface area (TPSA) is 57.1 Å². The van der Waals surface area contributed by atoms with E-state index >= 15 is 0 Å². The number of ether oxygens (including phenoxy) is 2. The zero-order valence-corrected chi connectivity index (χ0v) is 14.0. The zero-order chi connectivity index (χ0) is 19.2. The Bertz CT molecular complexity index is 803. The first-order valence-corrected chi connectivity index (χ1v) is 7.46. The van der Waals surface area contributed by atoms with Gasteiger partial charge in [-0.2, -0.15) is 13.2 Å². The number of oxime groups is 1. The van der Waals surface area contributed by atoms with Crippen LogP contribution in [0.2, 0.25) is 0 Å². The second-order valence-corrected chi connectivity index (χ2v) is 5.12. The second-order valence-electron chi connectivity index (χ2n) is 5.12. The van der Waals surface area contributed by atoms with Gasteiger partial charge in [0.25, 0.3) is 5.90 Å². The number of esters is 1. The van der Waals surface area contributed by atoms with Crippen LogP contribution in [0.15, 0.2) is 53.7 Å². The summed E-state index contributed by atoms with van der Waals surface area (Å²) in [6.45, 7) is 0. The third-order valence-corrected chi connectivity index (χ3v) is 3.36. The van der Waals surface area contributed by atoms with Gasteiger partial charge in [0.15, 0.2) is 0 Å². The summed E-state index contributed by atoms with van der Waals surface area (Å²) in [5.41, 5.74) is 0.0777. The van der Waals surface area contributed by atoms with Crippen LogP contribution in [0.5, 0.6) is 5.75 Å². The molecule has 0 aliphatic rings. The highest BCUT2D eigenvalue weighted by atomic mass is 19.4. The molecule has 0 aromatic heterocycles. The van der Waals surface area contributed by atoms with Crippen molar-refractivity contribution in [2.45, 2.75) is 12.6 Å². The Morgan fingerprint density at radius 3 is 2.46 bits per heavy atom. The summed E-state index contributed by atoms with van der Waals surface area (Å²) in [6.07, 6.45) is -4.55. The molecule has 5 nitrogen and oxygen atoms in total. The number of carbonyl (C=O) groups excluding carboxylic acids is 1. The average Bonchev–Trinajstić information content (AvgIpc) is 2.61. The zero-order valence-electron chi connectivity index (χ0n) is 14.0. The fraction of sp³-hybridized carbons (Fsp3) is 0.222. The van der Waals surface area contributed by atoms with Crippen LogP contribution in [-0.2, 0) is 27.0 Å². The summed E-state index contributed by atoms with van der Waals surface area (Å²) in [7, 11) is 2.53. The maximum absolute atomic E-state index is 12.9. The highest BCUT2D eigenvalue weighted by molar-refractivity contribution is 5.97. The minimum Gasteiger partial charge on any atom is -0.469 e. The maximum atomic E-state index is 12.9. The van der Waals surface area contributed by atoms with Crippen LogP contribution >= 0.6 is 0 Å². The van der Waals surface area contributed by atoms with E-state index < -0.39 is 17.7 Å². The molecule has 0 amide bonds. The van der Waals surface area contributed by atoms with E-state index in [2.05, 4.69) is 9.89 Å². The van der Waals surface area contributed by atoms with Crippen LogP contribution in [0.3, 0.4) is 0 Å². The fourth-order valence-corrected chi connectivity index (χ4v) is 2.16. The number of carbonyl (C=O) groups is 1. The van der Waals surface area contributed by atoms with Gasteiger partial charge in [-0.05, 0) is 35.0 Å². The molecule has 138 valence electrons. The van der Waals surface area contributed by atoms with Crippen molar-refractivity contribution in [1.29, 1.82) is 0 Å². The molecule has 0 radical (unpaired) electrons. The van der Waals surface area contributed by atoms with Crippen molar-refractivity contribution in [3.63, 3.8) is 0 Å². The van der Waals surface area contributed by atoms with Gasteiger partial charge >= 0.3 is 12.1 Å². The summed E-state index contributed by atoms with van der Waals surface area (Å²) >= 11 is 0. The minimum atomic E-state index is -4.50. The number of hydrogen-bond acceptors (Lipinski definition) is 5. The van der Waals surface area contributed by atoms with E-state index in [-0.39, 0.29) is 18.1 Å². The number of alkyl halides is 3. The standard InChI is InChI=1S/C18H16F3NO4/c1-24-16(23)10-12-6-3-4-9-15(12)17(22-25-2)26-14-8-5-7-13(11-14)18(19,20)21/h3-9,11H,10H2,1-2H3/b22-17+. The number of benzene rings is 2. The van der Waals surface area contributed by atoms with Crippen molar-refractivity contribution >= 4 is 11.9 Å². The fourth-order valence-electron chi connectivity index (χ4n) is 2.16. The normalized spacial score (nSPS) is 11.8. The van der Waals surface area contributed by atoms with Crippen LogP contribution in [0, 0.1) is 0 Å². The Morgan fingerprint density at radius 2 is 1.81 bits per heavy atom. The molecule has 0 N–H and O–H groups in total. The summed E-state index contributed by atoms with van der Waals surface area (Å²) in [4.78, 5) is 16.3. The van der Waals surface area contributed by atoms with Crippen molar-refractivity contribution < 1.29 is 32.3 Å². The average molecular weight is 367 g/mol. The molecule has 0 spiro atoms. The Kier molecular flexibility index (Phi) is 6.21. The van der Waals surface area contributed by atoms with Crippen LogP contribution in [0.25, 0.3) is 0 Å². The van der Waals surface area contributed by atoms with E-state index in [9.17, 15) is 18.0 Å². The third-order valence-electron chi connectivity index (χ3n) is 3.36. The smallest absolute Gasteiger partial charge is 0.416 e. The Balaban J connectivity index is 2.37. The highest BCUT2D eigenvalue weighted by Gasteiger charge is 2.30. The largest absolute Gasteiger partial charge is 0.469 e. The van der Waals surface area contributed by atoms with Crippen molar-refractivity contribution in [2.75, 3.05) is 14.2 Å². The van der Waals surface area contributed by atoms with Gasteiger partial charge in [0.05, 0.1) is 19.1 Å². The lowest BCUT2D eigenvalue weighted by Crippen LogP contribution is -2.16. The first-order valence-electron chi connectivity index (χ1n) is 7.46. The monoisotopic (exact) mass is 367 g/mol. The molecular weight excluding hydrogens is 351 g/mol. The van der Waals surface area contributed by atoms with Crippen molar-refractivity contribution in [2.24, 2.45) is 5.16 Å². The van der Waals surface area contributed by atoms with Gasteiger partial charge in [0.1, 0.15) is 12.9 Å². The van der Waals surface area contributed by atoms with Crippen molar-refractivity contribution in [3.05, 3.63) is 65.2 Å². The Morgan fingerprint density at radius 1 is 1.08 bits per heavy atom. The molecule has 0 saturated heterocycles. The first kappa shape index (κ1) is 19.3. The molecule has 0 atom stereocenters. The van der Waals surface area contributed by atoms with Crippen LogP contribution in [0.1, 0.15) is 16.7 Å². The molecule has 0 heterocycles. The summed E-state index contributed by atoms with van der Waals surface area (Å²) < 4.78 is 48.7. The van der Waals surface area contributed by atoms with Crippen LogP contribution < -0.4 is 4.74 Å². The predicted octanol–water partition coefficient (Wildman–Crippen LogP) is 3.81. The van der Waals surface area contributed by atoms with Gasteiger partial charge < -0.3 is 14.3 Å². The van der Waals surface area contributed by atoms with E-state index in [4.69, 9.17) is 9.57 Å². The SMILES string of the molecule is CO/N=C(/Oc1cccc(C(F)(F)F)c1)c1ccccc1CC(=O)OC. The lowest BCUT2D eigenvalue weighted by Gasteiger charge is -2.13. The van der Waals surface area contributed by atoms with Crippen LogP contribution in [0.4, 0.5) is 13.2 Å². The molecule has 8 heteroatoms. The summed E-state index contributed by atoms with van der Waals surface area (Å²) in [6, 6.07) is 11.0. The summed E-state index contributed by atoms with van der Waals surface area (Å²) in [5.74, 6) is -0.622. The molecule has 2 rings (SSSR count). The number of halogens is 3. The number of hydrogen-bond donors (Lipinski definition) is 0. The number of nitrogens with zero attached hydrogens (tertiary/aromatic N) is 1. The maximum Gasteiger partial charge on any atom is 0.416 e. The molecule has 0 aliphatic heterocycles. The van der Waals surface area contributed by atoms with E-state index in [0.29, 0.717) is 11.1 Å². The Labute approximate surface area is 148 Å². The van der Waals surface area contributed by atoms with E-state index in [1.165, 1.54) is 26.4 Å². The second kappa shape index (κ2) is 8.37. The molecule has 0 fully saturated rings. The minimum absolute atomic E-state index is 0.0542. The summed E-state index contributed by atoms with van der Waals surface area (Å²) in [5, 5.41) is 3.74. The van der Waals surface area contributed by atoms with Crippen molar-refractivity contribution in [1.82, 2.24) is 0 Å². The Hall–Kier alpha value is -3.03. The predicted molar refractivity (Wildman–Crippen MR) is 87.8 cm³/mol. The molecule has 0 aliphatic carbocycles. The third kappa shape index (κ3) is 4.98. The van der Waals surface area contributed by atoms with Gasteiger partial charge in [-0.25, -0.2) is 0 Å². The van der Waals surface area contributed by atoms with Crippen molar-refractivity contribution in [3.8, 4) is 5.75 Å². The van der Waals surface area contributed by atoms with E-state index in [1.807, 2.05) is 0 Å². The van der Waals surface area contributed by atoms with Gasteiger partial charge in [0, 0.05) is 5.56 Å². The van der Waals surface area contributed by atoms with Gasteiger partial charge in [-0.3, -0.25) is 4.79 Å². The molecule has 0 unspecified atom stereocenters. The molecular formula is C18H16F3NO4. The number of rotatable bonds is 5. The lowest BCUT2D eigenvalue weighted by molar-refractivity contribution is -0.140. The van der Waals surface area contributed by atoms with Gasteiger partial charge in [-0.1, -0.05) is 24.3 Å².